The summed E-state index contributed by atoms with van der Waals surface area (Å²) in [5.74, 6) is 0.275. The van der Waals surface area contributed by atoms with Crippen LogP contribution in [0.2, 0.25) is 0 Å². The van der Waals surface area contributed by atoms with Crippen molar-refractivity contribution in [3.05, 3.63) is 23.9 Å². The van der Waals surface area contributed by atoms with E-state index in [1.165, 1.54) is 6.92 Å². The summed E-state index contributed by atoms with van der Waals surface area (Å²) < 4.78 is 0. The smallest absolute Gasteiger partial charge is 0.246 e. The van der Waals surface area contributed by atoms with Crippen molar-refractivity contribution in [3.8, 4) is 0 Å². The zero-order valence-corrected chi connectivity index (χ0v) is 21.7. The Morgan fingerprint density at radius 3 is 2.50 bits per heavy atom. The Labute approximate surface area is 214 Å². The molecule has 0 aromatic carbocycles. The van der Waals surface area contributed by atoms with Crippen molar-refractivity contribution >= 4 is 23.5 Å². The molecule has 2 saturated heterocycles. The number of hydrogen-bond acceptors (Lipinski definition) is 6. The van der Waals surface area contributed by atoms with Crippen molar-refractivity contribution in [3.63, 3.8) is 0 Å². The number of hydrogen-bond donors (Lipinski definition) is 3. The largest absolute Gasteiger partial charge is 0.390 e. The third-order valence-electron chi connectivity index (χ3n) is 8.13. The van der Waals surface area contributed by atoms with Crippen molar-refractivity contribution in [1.82, 2.24) is 20.1 Å². The molecule has 3 aliphatic rings. The molecule has 3 amide bonds. The standard InChI is InChI=1S/C27H41N5O4/c1-3-4-14-32-24(34)22(17-26(36)10-6-5-7-11-26)30-25(35)27(32)12-15-31(16-13-27)19-21-8-9-23(28-18-21)29-20(2)33/h8-9,18,22,36H,3-7,10-17,19H2,1-2H3,(H,30,35)(H,28,29,33)/t22-/m1/s1. The van der Waals surface area contributed by atoms with Gasteiger partial charge in [0.15, 0.2) is 0 Å². The van der Waals surface area contributed by atoms with Crippen LogP contribution in [0.4, 0.5) is 5.82 Å². The van der Waals surface area contributed by atoms with E-state index in [4.69, 9.17) is 0 Å². The van der Waals surface area contributed by atoms with Crippen molar-refractivity contribution in [2.75, 3.05) is 25.0 Å². The van der Waals surface area contributed by atoms with Crippen LogP contribution in [-0.2, 0) is 20.9 Å². The Morgan fingerprint density at radius 2 is 1.89 bits per heavy atom. The van der Waals surface area contributed by atoms with Crippen molar-refractivity contribution < 1.29 is 19.5 Å². The van der Waals surface area contributed by atoms with E-state index in [0.717, 1.165) is 37.7 Å². The van der Waals surface area contributed by atoms with Gasteiger partial charge in [0, 0.05) is 45.7 Å². The molecule has 1 saturated carbocycles. The van der Waals surface area contributed by atoms with Crippen LogP contribution in [0.3, 0.4) is 0 Å². The topological polar surface area (TPSA) is 115 Å². The molecule has 1 spiro atoms. The fourth-order valence-corrected chi connectivity index (χ4v) is 6.06. The SMILES string of the molecule is CCCCN1C(=O)[C@@H](CC2(O)CCCCC2)NC(=O)C12CCN(Cc1ccc(NC(C)=O)nc1)CC2. The number of piperidine rings is 1. The average Bonchev–Trinajstić information content (AvgIpc) is 2.85. The lowest BCUT2D eigenvalue weighted by Gasteiger charge is -2.52. The number of aromatic nitrogens is 1. The summed E-state index contributed by atoms with van der Waals surface area (Å²) in [6.45, 7) is 6.22. The number of amides is 3. The second-order valence-electron chi connectivity index (χ2n) is 10.9. The predicted octanol–water partition coefficient (Wildman–Crippen LogP) is 2.59. The van der Waals surface area contributed by atoms with E-state index in [0.29, 0.717) is 64.1 Å². The minimum absolute atomic E-state index is 0.0340. The first kappa shape index (κ1) is 26.5. The van der Waals surface area contributed by atoms with Gasteiger partial charge >= 0.3 is 0 Å². The summed E-state index contributed by atoms with van der Waals surface area (Å²) in [7, 11) is 0. The highest BCUT2D eigenvalue weighted by atomic mass is 16.3. The van der Waals surface area contributed by atoms with E-state index in [9.17, 15) is 19.5 Å². The van der Waals surface area contributed by atoms with Gasteiger partial charge in [0.2, 0.25) is 17.7 Å². The molecule has 0 radical (unpaired) electrons. The number of carbonyl (C=O) groups excluding carboxylic acids is 3. The number of aliphatic hydroxyl groups is 1. The maximum absolute atomic E-state index is 13.7. The number of carbonyl (C=O) groups is 3. The van der Waals surface area contributed by atoms with E-state index in [2.05, 4.69) is 27.4 Å². The van der Waals surface area contributed by atoms with Gasteiger partial charge in [-0.25, -0.2) is 4.98 Å². The first-order valence-corrected chi connectivity index (χ1v) is 13.5. The van der Waals surface area contributed by atoms with Gasteiger partial charge in [-0.15, -0.1) is 0 Å². The maximum Gasteiger partial charge on any atom is 0.246 e. The molecular formula is C27H41N5O4. The number of nitrogens with one attached hydrogen (secondary N) is 2. The van der Waals surface area contributed by atoms with Gasteiger partial charge in [0.05, 0.1) is 5.60 Å². The van der Waals surface area contributed by atoms with Crippen LogP contribution in [0, 0.1) is 0 Å². The highest BCUT2D eigenvalue weighted by Crippen LogP contribution is 2.37. The van der Waals surface area contributed by atoms with E-state index in [1.807, 2.05) is 11.0 Å². The average molecular weight is 500 g/mol. The van der Waals surface area contributed by atoms with Crippen LogP contribution >= 0.6 is 0 Å². The maximum atomic E-state index is 13.7. The molecule has 0 bridgehead atoms. The summed E-state index contributed by atoms with van der Waals surface area (Å²) in [6, 6.07) is 3.10. The first-order chi connectivity index (χ1) is 17.2. The lowest BCUT2D eigenvalue weighted by Crippen LogP contribution is -2.73. The number of likely N-dealkylation sites (tertiary alicyclic amines) is 1. The molecule has 3 N–H and O–H groups in total. The zero-order valence-electron chi connectivity index (χ0n) is 21.7. The second kappa shape index (κ2) is 11.3. The van der Waals surface area contributed by atoms with Crippen LogP contribution in [0.15, 0.2) is 18.3 Å². The molecule has 3 fully saturated rings. The van der Waals surface area contributed by atoms with Gasteiger partial charge in [-0.2, -0.15) is 0 Å². The molecule has 9 nitrogen and oxygen atoms in total. The molecule has 2 aliphatic heterocycles. The lowest BCUT2D eigenvalue weighted by atomic mass is 9.77. The summed E-state index contributed by atoms with van der Waals surface area (Å²) >= 11 is 0. The van der Waals surface area contributed by atoms with Gasteiger partial charge in [0.25, 0.3) is 0 Å². The first-order valence-electron chi connectivity index (χ1n) is 13.5. The Kier molecular flexibility index (Phi) is 8.30. The third-order valence-corrected chi connectivity index (χ3v) is 8.13. The highest BCUT2D eigenvalue weighted by Gasteiger charge is 2.54. The number of piperazine rings is 1. The number of pyridine rings is 1. The van der Waals surface area contributed by atoms with Gasteiger partial charge in [-0.1, -0.05) is 38.7 Å². The van der Waals surface area contributed by atoms with E-state index >= 15 is 0 Å². The van der Waals surface area contributed by atoms with Crippen molar-refractivity contribution in [2.24, 2.45) is 0 Å². The quantitative estimate of drug-likeness (QED) is 0.507. The van der Waals surface area contributed by atoms with Crippen LogP contribution < -0.4 is 10.6 Å². The normalized spacial score (nSPS) is 24.0. The molecule has 198 valence electrons. The summed E-state index contributed by atoms with van der Waals surface area (Å²) in [6.07, 6.45) is 9.50. The Balaban J connectivity index is 1.42. The van der Waals surface area contributed by atoms with Crippen LogP contribution in [0.1, 0.15) is 83.6 Å². The molecule has 1 atom stereocenters. The van der Waals surface area contributed by atoms with Crippen LogP contribution in [0.25, 0.3) is 0 Å². The molecule has 1 aromatic rings. The second-order valence-corrected chi connectivity index (χ2v) is 10.9. The highest BCUT2D eigenvalue weighted by molar-refractivity contribution is 6.00. The molecule has 1 aromatic heterocycles. The monoisotopic (exact) mass is 499 g/mol. The minimum Gasteiger partial charge on any atom is -0.390 e. The van der Waals surface area contributed by atoms with Crippen LogP contribution in [0.5, 0.6) is 0 Å². The number of nitrogens with zero attached hydrogens (tertiary/aromatic N) is 3. The minimum atomic E-state index is -0.861. The molecule has 0 unspecified atom stereocenters. The molecule has 4 rings (SSSR count). The Bertz CT molecular complexity index is 936. The summed E-state index contributed by atoms with van der Waals surface area (Å²) in [5, 5.41) is 16.8. The molecule has 9 heteroatoms. The van der Waals surface area contributed by atoms with E-state index < -0.39 is 17.2 Å². The fourth-order valence-electron chi connectivity index (χ4n) is 6.06. The van der Waals surface area contributed by atoms with Gasteiger partial charge in [0.1, 0.15) is 17.4 Å². The number of anilines is 1. The number of unbranched alkanes of at least 4 members (excludes halogenated alkanes) is 1. The zero-order chi connectivity index (χ0) is 25.8. The molecule has 3 heterocycles. The Morgan fingerprint density at radius 1 is 1.17 bits per heavy atom. The molecule has 1 aliphatic carbocycles. The molecular weight excluding hydrogens is 458 g/mol. The van der Waals surface area contributed by atoms with Gasteiger partial charge < -0.3 is 20.6 Å². The van der Waals surface area contributed by atoms with Gasteiger partial charge in [-0.05, 0) is 43.7 Å². The van der Waals surface area contributed by atoms with Crippen molar-refractivity contribution in [2.45, 2.75) is 102 Å². The van der Waals surface area contributed by atoms with E-state index in [-0.39, 0.29) is 17.7 Å². The summed E-state index contributed by atoms with van der Waals surface area (Å²) in [4.78, 5) is 46.9. The van der Waals surface area contributed by atoms with Crippen molar-refractivity contribution in [1.29, 1.82) is 0 Å². The van der Waals surface area contributed by atoms with E-state index in [1.54, 1.807) is 12.3 Å². The number of rotatable bonds is 8. The third kappa shape index (κ3) is 5.89. The lowest BCUT2D eigenvalue weighted by molar-refractivity contribution is -0.163. The van der Waals surface area contributed by atoms with Crippen LogP contribution in [-0.4, -0.2) is 74.4 Å². The van der Waals surface area contributed by atoms with Gasteiger partial charge in [-0.3, -0.25) is 19.3 Å². The predicted molar refractivity (Wildman–Crippen MR) is 137 cm³/mol. The fraction of sp³-hybridized carbons (Fsp3) is 0.704. The Hall–Kier alpha value is -2.52. The summed E-state index contributed by atoms with van der Waals surface area (Å²) in [5.41, 5.74) is -0.644. The molecule has 36 heavy (non-hydrogen) atoms.